The van der Waals surface area contributed by atoms with E-state index < -0.39 is 0 Å². The number of aryl methyl sites for hydroxylation is 1. The summed E-state index contributed by atoms with van der Waals surface area (Å²) in [5, 5.41) is 9.13. The van der Waals surface area contributed by atoms with E-state index in [1.165, 1.54) is 18.4 Å². The summed E-state index contributed by atoms with van der Waals surface area (Å²) in [6.07, 6.45) is 2.34. The lowest BCUT2D eigenvalue weighted by molar-refractivity contribution is 0.411. The molecule has 20 heavy (non-hydrogen) atoms. The lowest BCUT2D eigenvalue weighted by atomic mass is 10.1. The average molecular weight is 290 g/mol. The van der Waals surface area contributed by atoms with Gasteiger partial charge in [-0.2, -0.15) is 0 Å². The minimum atomic E-state index is 0.510. The van der Waals surface area contributed by atoms with Crippen molar-refractivity contribution in [3.05, 3.63) is 35.2 Å². The molecule has 5 nitrogen and oxygen atoms in total. The first-order valence-corrected chi connectivity index (χ1v) is 7.64. The average Bonchev–Trinajstić information content (AvgIpc) is 3.21. The number of aromatic nitrogens is 3. The van der Waals surface area contributed by atoms with E-state index in [1.807, 2.05) is 12.1 Å². The second kappa shape index (κ2) is 5.36. The normalized spacial score (nSPS) is 14.5. The third-order valence-electron chi connectivity index (χ3n) is 3.43. The fourth-order valence-electron chi connectivity index (χ4n) is 2.17. The predicted octanol–water partition coefficient (Wildman–Crippen LogP) is 2.48. The van der Waals surface area contributed by atoms with Gasteiger partial charge in [-0.05, 0) is 25.8 Å². The van der Waals surface area contributed by atoms with Gasteiger partial charge in [0, 0.05) is 17.2 Å². The Morgan fingerprint density at radius 1 is 1.40 bits per heavy atom. The molecular formula is C14H18N4OS. The van der Waals surface area contributed by atoms with Gasteiger partial charge < -0.3 is 10.6 Å². The summed E-state index contributed by atoms with van der Waals surface area (Å²) in [7, 11) is 1.69. The van der Waals surface area contributed by atoms with E-state index in [2.05, 4.69) is 23.2 Å². The van der Waals surface area contributed by atoms with Crippen LogP contribution in [0.1, 0.15) is 35.7 Å². The molecule has 0 atom stereocenters. The quantitative estimate of drug-likeness (QED) is 0.677. The molecule has 3 rings (SSSR count). The monoisotopic (exact) mass is 290 g/mol. The van der Waals surface area contributed by atoms with Crippen molar-refractivity contribution >= 4 is 11.8 Å². The maximum absolute atomic E-state index is 6.05. The standard InChI is InChI=1S/C14H18N4OS/c1-9-3-6-12(19-2)11(7-9)8-20-14-17-16-13(18(14)15)10-4-5-10/h3,6-7,10H,4-5,8,15H2,1-2H3. The highest BCUT2D eigenvalue weighted by Crippen LogP contribution is 2.39. The number of methoxy groups -OCH3 is 1. The molecule has 1 aromatic carbocycles. The predicted molar refractivity (Wildman–Crippen MR) is 79.4 cm³/mol. The minimum absolute atomic E-state index is 0.510. The van der Waals surface area contributed by atoms with Crippen LogP contribution in [-0.4, -0.2) is 22.0 Å². The summed E-state index contributed by atoms with van der Waals surface area (Å²) in [5.74, 6) is 9.13. The molecule has 106 valence electrons. The molecule has 2 N–H and O–H groups in total. The lowest BCUT2D eigenvalue weighted by Crippen LogP contribution is -2.13. The van der Waals surface area contributed by atoms with Crippen molar-refractivity contribution in [2.75, 3.05) is 13.0 Å². The van der Waals surface area contributed by atoms with Gasteiger partial charge >= 0.3 is 0 Å². The first-order valence-electron chi connectivity index (χ1n) is 6.65. The van der Waals surface area contributed by atoms with Gasteiger partial charge in [0.15, 0.2) is 5.82 Å². The number of hydrogen-bond acceptors (Lipinski definition) is 5. The number of nitrogen functional groups attached to an aromatic ring is 1. The van der Waals surface area contributed by atoms with Gasteiger partial charge in [0.05, 0.1) is 7.11 Å². The van der Waals surface area contributed by atoms with Crippen molar-refractivity contribution in [2.24, 2.45) is 0 Å². The van der Waals surface area contributed by atoms with Crippen molar-refractivity contribution < 1.29 is 4.74 Å². The van der Waals surface area contributed by atoms with E-state index in [1.54, 1.807) is 23.5 Å². The van der Waals surface area contributed by atoms with Crippen LogP contribution in [-0.2, 0) is 5.75 Å². The Morgan fingerprint density at radius 2 is 2.20 bits per heavy atom. The number of nitrogens with zero attached hydrogens (tertiary/aromatic N) is 3. The van der Waals surface area contributed by atoms with Crippen LogP contribution in [0.5, 0.6) is 5.75 Å². The van der Waals surface area contributed by atoms with Gasteiger partial charge in [-0.25, -0.2) is 4.68 Å². The van der Waals surface area contributed by atoms with Crippen LogP contribution in [0.3, 0.4) is 0 Å². The second-order valence-electron chi connectivity index (χ2n) is 5.09. The molecule has 0 bridgehead atoms. The third-order valence-corrected chi connectivity index (χ3v) is 4.42. The largest absolute Gasteiger partial charge is 0.496 e. The van der Waals surface area contributed by atoms with Gasteiger partial charge in [0.25, 0.3) is 0 Å². The van der Waals surface area contributed by atoms with Crippen LogP contribution < -0.4 is 10.6 Å². The SMILES string of the molecule is COc1ccc(C)cc1CSc1nnc(C2CC2)n1N. The highest BCUT2D eigenvalue weighted by Gasteiger charge is 2.29. The molecule has 0 amide bonds. The Bertz CT molecular complexity index is 622. The molecule has 1 saturated carbocycles. The van der Waals surface area contributed by atoms with Gasteiger partial charge in [-0.1, -0.05) is 29.5 Å². The maximum Gasteiger partial charge on any atom is 0.210 e. The zero-order chi connectivity index (χ0) is 14.1. The molecule has 0 unspecified atom stereocenters. The van der Waals surface area contributed by atoms with E-state index in [0.29, 0.717) is 5.92 Å². The van der Waals surface area contributed by atoms with E-state index in [4.69, 9.17) is 10.6 Å². The molecule has 2 aromatic rings. The summed E-state index contributed by atoms with van der Waals surface area (Å²) in [5.41, 5.74) is 2.36. The Hall–Kier alpha value is -1.69. The molecule has 1 fully saturated rings. The molecule has 1 aliphatic carbocycles. The number of nitrogens with two attached hydrogens (primary N) is 1. The van der Waals surface area contributed by atoms with Crippen LogP contribution >= 0.6 is 11.8 Å². The molecule has 0 spiro atoms. The summed E-state index contributed by atoms with van der Waals surface area (Å²) in [6.45, 7) is 2.07. The lowest BCUT2D eigenvalue weighted by Gasteiger charge is -2.09. The summed E-state index contributed by atoms with van der Waals surface area (Å²) < 4.78 is 7.01. The van der Waals surface area contributed by atoms with E-state index in [0.717, 1.165) is 28.0 Å². The van der Waals surface area contributed by atoms with Gasteiger partial charge in [0.1, 0.15) is 5.75 Å². The van der Waals surface area contributed by atoms with E-state index >= 15 is 0 Å². The van der Waals surface area contributed by atoms with Gasteiger partial charge in [-0.15, -0.1) is 10.2 Å². The zero-order valence-corrected chi connectivity index (χ0v) is 12.5. The molecule has 0 aliphatic heterocycles. The van der Waals surface area contributed by atoms with Gasteiger partial charge in [0.2, 0.25) is 5.16 Å². The van der Waals surface area contributed by atoms with Gasteiger partial charge in [-0.3, -0.25) is 0 Å². The first kappa shape index (κ1) is 13.3. The van der Waals surface area contributed by atoms with Crippen LogP contribution in [0.15, 0.2) is 23.4 Å². The summed E-state index contributed by atoms with van der Waals surface area (Å²) >= 11 is 1.59. The molecule has 0 saturated heterocycles. The number of benzene rings is 1. The van der Waals surface area contributed by atoms with Crippen molar-refractivity contribution in [2.45, 2.75) is 36.6 Å². The molecule has 1 aromatic heterocycles. The number of ether oxygens (including phenoxy) is 1. The minimum Gasteiger partial charge on any atom is -0.496 e. The van der Waals surface area contributed by atoms with Crippen molar-refractivity contribution in [3.63, 3.8) is 0 Å². The van der Waals surface area contributed by atoms with Crippen LogP contribution in [0, 0.1) is 6.92 Å². The summed E-state index contributed by atoms with van der Waals surface area (Å²) in [6, 6.07) is 6.17. The fraction of sp³-hybridized carbons (Fsp3) is 0.429. The van der Waals surface area contributed by atoms with Crippen molar-refractivity contribution in [1.82, 2.24) is 14.9 Å². The zero-order valence-electron chi connectivity index (χ0n) is 11.7. The molecule has 1 aliphatic rings. The van der Waals surface area contributed by atoms with E-state index in [-0.39, 0.29) is 0 Å². The van der Waals surface area contributed by atoms with E-state index in [9.17, 15) is 0 Å². The molecule has 0 radical (unpaired) electrons. The van der Waals surface area contributed by atoms with Crippen molar-refractivity contribution in [1.29, 1.82) is 0 Å². The topological polar surface area (TPSA) is 66.0 Å². The second-order valence-corrected chi connectivity index (χ2v) is 6.03. The Balaban J connectivity index is 1.74. The molecule has 1 heterocycles. The molecule has 6 heteroatoms. The Labute approximate surface area is 122 Å². The van der Waals surface area contributed by atoms with Crippen LogP contribution in [0.4, 0.5) is 0 Å². The Kier molecular flexibility index (Phi) is 3.56. The fourth-order valence-corrected chi connectivity index (χ4v) is 3.01. The molecular weight excluding hydrogens is 272 g/mol. The highest BCUT2D eigenvalue weighted by molar-refractivity contribution is 7.98. The smallest absolute Gasteiger partial charge is 0.210 e. The third kappa shape index (κ3) is 2.60. The summed E-state index contributed by atoms with van der Waals surface area (Å²) in [4.78, 5) is 0. The number of hydrogen-bond donors (Lipinski definition) is 1. The number of rotatable bonds is 5. The number of thioether (sulfide) groups is 1. The maximum atomic E-state index is 6.05. The Morgan fingerprint density at radius 3 is 2.90 bits per heavy atom. The van der Waals surface area contributed by atoms with Crippen LogP contribution in [0.2, 0.25) is 0 Å². The van der Waals surface area contributed by atoms with Crippen molar-refractivity contribution in [3.8, 4) is 5.75 Å². The first-order chi connectivity index (χ1) is 9.69. The van der Waals surface area contributed by atoms with Crippen LogP contribution in [0.25, 0.3) is 0 Å². The highest BCUT2D eigenvalue weighted by atomic mass is 32.2.